The van der Waals surface area contributed by atoms with E-state index in [1.807, 2.05) is 0 Å². The van der Waals surface area contributed by atoms with Crippen LogP contribution in [0.1, 0.15) is 13.3 Å². The number of fused-ring (bicyclic) bond motifs is 1. The summed E-state index contributed by atoms with van der Waals surface area (Å²) >= 11 is 1.38. The highest BCUT2D eigenvalue weighted by molar-refractivity contribution is 8.03. The number of nitrogens with two attached hydrogens (primary N) is 1. The Balaban J connectivity index is 2.15. The first kappa shape index (κ1) is 18.3. The molecule has 0 aromatic carbocycles. The first-order chi connectivity index (χ1) is 11.4. The van der Waals surface area contributed by atoms with Gasteiger partial charge in [-0.15, -0.1) is 11.8 Å². The zero-order valence-electron chi connectivity index (χ0n) is 13.1. The molecule has 10 heteroatoms. The number of carboxylic acids is 1. The lowest BCUT2D eigenvalue weighted by molar-refractivity contribution is -0.159. The standard InChI is InChI=1S/C14H20N4O5S/c1-7(19)11-8-4-9(24-3-2-16-6-15)12(18(8)14(11)23)13(22)17-5-10(20)21/h6-8,11,19H,2-5H2,1H3,(H2,15,16)(H,17,22)(H,20,21)/t7-,8-,11-/m1/s1. The molecule has 0 radical (unpaired) electrons. The van der Waals surface area contributed by atoms with Crippen LogP contribution in [0.2, 0.25) is 0 Å². The highest BCUT2D eigenvalue weighted by Crippen LogP contribution is 2.46. The minimum atomic E-state index is -1.17. The summed E-state index contributed by atoms with van der Waals surface area (Å²) in [5.74, 6) is -2.03. The summed E-state index contributed by atoms with van der Waals surface area (Å²) in [5, 5.41) is 20.7. The third-order valence-corrected chi connectivity index (χ3v) is 5.00. The van der Waals surface area contributed by atoms with Gasteiger partial charge in [0.25, 0.3) is 5.91 Å². The number of aliphatic hydroxyl groups is 1. The summed E-state index contributed by atoms with van der Waals surface area (Å²) in [4.78, 5) is 41.1. The Bertz CT molecular complexity index is 604. The number of hydrogen-bond acceptors (Lipinski definition) is 6. The molecule has 24 heavy (non-hydrogen) atoms. The van der Waals surface area contributed by atoms with Crippen LogP contribution in [-0.2, 0) is 14.4 Å². The Kier molecular flexibility index (Phi) is 5.84. The second-order valence-electron chi connectivity index (χ2n) is 5.50. The molecule has 0 unspecified atom stereocenters. The predicted octanol–water partition coefficient (Wildman–Crippen LogP) is -1.27. The van der Waals surface area contributed by atoms with Crippen LogP contribution < -0.4 is 11.1 Å². The average molecular weight is 356 g/mol. The summed E-state index contributed by atoms with van der Waals surface area (Å²) in [6, 6.07) is -0.261. The van der Waals surface area contributed by atoms with E-state index in [2.05, 4.69) is 10.3 Å². The molecule has 132 valence electrons. The number of amides is 2. The molecule has 2 rings (SSSR count). The van der Waals surface area contributed by atoms with Crippen LogP contribution in [0.3, 0.4) is 0 Å². The molecule has 1 saturated heterocycles. The molecule has 2 heterocycles. The lowest BCUT2D eigenvalue weighted by Gasteiger charge is -2.44. The van der Waals surface area contributed by atoms with Crippen LogP contribution in [0, 0.1) is 5.92 Å². The Hall–Kier alpha value is -2.07. The SMILES string of the molecule is C[C@@H](O)[C@H]1C(=O)N2C(C(=O)NCC(=O)O)=C(SCCN=CN)C[C@H]12. The number of thioether (sulfide) groups is 1. The fraction of sp³-hybridized carbons (Fsp3) is 0.571. The Labute approximate surface area is 143 Å². The lowest BCUT2D eigenvalue weighted by Crippen LogP contribution is -2.62. The van der Waals surface area contributed by atoms with E-state index >= 15 is 0 Å². The van der Waals surface area contributed by atoms with E-state index < -0.39 is 30.4 Å². The van der Waals surface area contributed by atoms with Gasteiger partial charge >= 0.3 is 5.97 Å². The van der Waals surface area contributed by atoms with Crippen molar-refractivity contribution >= 4 is 35.9 Å². The van der Waals surface area contributed by atoms with Crippen molar-refractivity contribution in [3.05, 3.63) is 10.6 Å². The van der Waals surface area contributed by atoms with E-state index in [0.717, 1.165) is 0 Å². The van der Waals surface area contributed by atoms with Gasteiger partial charge in [-0.3, -0.25) is 19.4 Å². The van der Waals surface area contributed by atoms with Crippen LogP contribution in [0.5, 0.6) is 0 Å². The van der Waals surface area contributed by atoms with Gasteiger partial charge in [0.2, 0.25) is 5.91 Å². The van der Waals surface area contributed by atoms with Crippen molar-refractivity contribution in [2.24, 2.45) is 16.6 Å². The number of aliphatic imine (C=N–C) groups is 1. The highest BCUT2D eigenvalue weighted by atomic mass is 32.2. The van der Waals surface area contributed by atoms with E-state index in [-0.39, 0.29) is 17.6 Å². The number of carbonyl (C=O) groups is 3. The molecule has 0 spiro atoms. The topological polar surface area (TPSA) is 145 Å². The van der Waals surface area contributed by atoms with E-state index in [9.17, 15) is 19.5 Å². The number of hydrogen-bond donors (Lipinski definition) is 4. The molecule has 0 aromatic rings. The van der Waals surface area contributed by atoms with Crippen molar-refractivity contribution in [2.45, 2.75) is 25.5 Å². The molecule has 2 aliphatic rings. The second kappa shape index (κ2) is 7.67. The van der Waals surface area contributed by atoms with E-state index in [1.54, 1.807) is 6.92 Å². The fourth-order valence-electron chi connectivity index (χ4n) is 2.91. The minimum absolute atomic E-state index is 0.185. The summed E-state index contributed by atoms with van der Waals surface area (Å²) in [6.45, 7) is 1.49. The Morgan fingerprint density at radius 3 is 2.88 bits per heavy atom. The van der Waals surface area contributed by atoms with Crippen molar-refractivity contribution in [1.29, 1.82) is 0 Å². The lowest BCUT2D eigenvalue weighted by atomic mass is 9.83. The molecule has 1 fully saturated rings. The van der Waals surface area contributed by atoms with Crippen LogP contribution >= 0.6 is 11.8 Å². The molecular formula is C14H20N4O5S. The molecule has 0 aromatic heterocycles. The summed E-state index contributed by atoms with van der Waals surface area (Å²) in [7, 11) is 0. The number of β-lactam (4-membered cyclic amide) rings is 1. The maximum atomic E-state index is 12.3. The maximum absolute atomic E-state index is 12.3. The average Bonchev–Trinajstić information content (AvgIpc) is 2.83. The molecule has 0 saturated carbocycles. The minimum Gasteiger partial charge on any atom is -0.480 e. The van der Waals surface area contributed by atoms with Crippen LogP contribution in [-0.4, -0.2) is 70.2 Å². The number of carboxylic acid groups (broad SMARTS) is 1. The molecule has 5 N–H and O–H groups in total. The third-order valence-electron chi connectivity index (χ3n) is 3.91. The van der Waals surface area contributed by atoms with Crippen molar-refractivity contribution in [1.82, 2.24) is 10.2 Å². The first-order valence-electron chi connectivity index (χ1n) is 7.45. The third kappa shape index (κ3) is 3.54. The maximum Gasteiger partial charge on any atom is 0.322 e. The molecule has 3 atom stereocenters. The second-order valence-corrected chi connectivity index (χ2v) is 6.69. The number of aliphatic carboxylic acids is 1. The van der Waals surface area contributed by atoms with Crippen molar-refractivity contribution in [2.75, 3.05) is 18.8 Å². The van der Waals surface area contributed by atoms with Crippen molar-refractivity contribution in [3.63, 3.8) is 0 Å². The molecule has 2 aliphatic heterocycles. The quantitative estimate of drug-likeness (QED) is 0.184. The number of nitrogens with one attached hydrogen (secondary N) is 1. The summed E-state index contributed by atoms with van der Waals surface area (Å²) in [5.41, 5.74) is 5.36. The Morgan fingerprint density at radius 1 is 1.58 bits per heavy atom. The van der Waals surface area contributed by atoms with Gasteiger partial charge in [0.1, 0.15) is 12.2 Å². The fourth-order valence-corrected chi connectivity index (χ4v) is 3.97. The van der Waals surface area contributed by atoms with E-state index in [4.69, 9.17) is 10.8 Å². The molecule has 0 bridgehead atoms. The van der Waals surface area contributed by atoms with Gasteiger partial charge in [0, 0.05) is 17.1 Å². The van der Waals surface area contributed by atoms with Crippen LogP contribution in [0.4, 0.5) is 0 Å². The predicted molar refractivity (Wildman–Crippen MR) is 88.1 cm³/mol. The molecule has 0 aliphatic carbocycles. The van der Waals surface area contributed by atoms with Crippen molar-refractivity contribution in [3.8, 4) is 0 Å². The number of nitrogens with zero attached hydrogens (tertiary/aromatic N) is 2. The summed E-state index contributed by atoms with van der Waals surface area (Å²) < 4.78 is 0. The van der Waals surface area contributed by atoms with Gasteiger partial charge in [-0.25, -0.2) is 0 Å². The highest BCUT2D eigenvalue weighted by Gasteiger charge is 2.56. The molecule has 9 nitrogen and oxygen atoms in total. The normalized spacial score (nSPS) is 24.1. The number of carbonyl (C=O) groups excluding carboxylic acids is 2. The molecular weight excluding hydrogens is 336 g/mol. The largest absolute Gasteiger partial charge is 0.480 e. The van der Waals surface area contributed by atoms with Gasteiger partial charge in [0.05, 0.1) is 30.9 Å². The Morgan fingerprint density at radius 2 is 2.29 bits per heavy atom. The van der Waals surface area contributed by atoms with Gasteiger partial charge in [-0.1, -0.05) is 0 Å². The number of rotatable bonds is 8. The van der Waals surface area contributed by atoms with Gasteiger partial charge in [-0.2, -0.15) is 0 Å². The summed E-state index contributed by atoms with van der Waals surface area (Å²) in [6.07, 6.45) is 0.867. The zero-order valence-corrected chi connectivity index (χ0v) is 14.0. The first-order valence-corrected chi connectivity index (χ1v) is 8.44. The van der Waals surface area contributed by atoms with E-state index in [1.165, 1.54) is 23.0 Å². The van der Waals surface area contributed by atoms with Crippen LogP contribution in [0.15, 0.2) is 15.6 Å². The van der Waals surface area contributed by atoms with Gasteiger partial charge in [-0.05, 0) is 6.92 Å². The van der Waals surface area contributed by atoms with E-state index in [0.29, 0.717) is 23.6 Å². The van der Waals surface area contributed by atoms with Gasteiger partial charge < -0.3 is 26.2 Å². The van der Waals surface area contributed by atoms with Crippen LogP contribution in [0.25, 0.3) is 0 Å². The van der Waals surface area contributed by atoms with Crippen molar-refractivity contribution < 1.29 is 24.6 Å². The zero-order chi connectivity index (χ0) is 17.9. The molecule has 2 amide bonds. The van der Waals surface area contributed by atoms with Gasteiger partial charge in [0.15, 0.2) is 0 Å². The number of aliphatic hydroxyl groups excluding tert-OH is 1. The monoisotopic (exact) mass is 356 g/mol. The smallest absolute Gasteiger partial charge is 0.322 e.